The number of ether oxygens (including phenoxy) is 1. The molecule has 5 heteroatoms. The largest absolute Gasteiger partial charge is 0.494 e. The van der Waals surface area contributed by atoms with Gasteiger partial charge in [-0.1, -0.05) is 23.7 Å². The van der Waals surface area contributed by atoms with E-state index in [-0.39, 0.29) is 12.3 Å². The molecule has 0 aromatic heterocycles. The van der Waals surface area contributed by atoms with Crippen molar-refractivity contribution in [2.45, 2.75) is 6.54 Å². The third kappa shape index (κ3) is 3.01. The maximum absolute atomic E-state index is 14.0. The highest BCUT2D eigenvalue weighted by molar-refractivity contribution is 6.33. The Morgan fingerprint density at radius 3 is 2.85 bits per heavy atom. The summed E-state index contributed by atoms with van der Waals surface area (Å²) in [6, 6.07) is 11.8. The predicted molar refractivity (Wildman–Crippen MR) is 76.4 cm³/mol. The molecule has 0 saturated heterocycles. The van der Waals surface area contributed by atoms with Crippen LogP contribution in [0.2, 0.25) is 5.02 Å². The minimum atomic E-state index is -0.407. The first kappa shape index (κ1) is 14.2. The minimum Gasteiger partial charge on any atom is -0.494 e. The molecule has 0 heterocycles. The van der Waals surface area contributed by atoms with Crippen molar-refractivity contribution in [3.63, 3.8) is 0 Å². The second kappa shape index (κ2) is 6.27. The Hall–Kier alpha value is -2.25. The zero-order valence-corrected chi connectivity index (χ0v) is 11.5. The van der Waals surface area contributed by atoms with Crippen molar-refractivity contribution < 1.29 is 9.13 Å². The van der Waals surface area contributed by atoms with Gasteiger partial charge in [0.1, 0.15) is 0 Å². The number of benzene rings is 2. The van der Waals surface area contributed by atoms with Crippen LogP contribution in [-0.2, 0) is 6.54 Å². The number of rotatable bonds is 4. The molecule has 0 atom stereocenters. The first-order valence-corrected chi connectivity index (χ1v) is 6.28. The fourth-order valence-corrected chi connectivity index (χ4v) is 1.96. The van der Waals surface area contributed by atoms with Gasteiger partial charge in [0.05, 0.1) is 29.5 Å². The van der Waals surface area contributed by atoms with Crippen LogP contribution < -0.4 is 10.1 Å². The third-order valence-electron chi connectivity index (χ3n) is 2.83. The number of methoxy groups -OCH3 is 1. The van der Waals surface area contributed by atoms with E-state index < -0.39 is 5.82 Å². The Bertz CT molecular complexity index is 667. The highest BCUT2D eigenvalue weighted by Gasteiger charge is 2.09. The number of hydrogen-bond donors (Lipinski definition) is 1. The summed E-state index contributed by atoms with van der Waals surface area (Å²) in [6.45, 7) is 0.248. The maximum Gasteiger partial charge on any atom is 0.170 e. The van der Waals surface area contributed by atoms with E-state index in [1.807, 2.05) is 6.07 Å². The Labute approximate surface area is 121 Å². The van der Waals surface area contributed by atoms with Gasteiger partial charge in [-0.15, -0.1) is 0 Å². The van der Waals surface area contributed by atoms with Crippen molar-refractivity contribution in [1.82, 2.24) is 0 Å². The van der Waals surface area contributed by atoms with Crippen molar-refractivity contribution in [2.75, 3.05) is 12.4 Å². The zero-order valence-electron chi connectivity index (χ0n) is 10.8. The average Bonchev–Trinajstić information content (AvgIpc) is 2.47. The van der Waals surface area contributed by atoms with Crippen LogP contribution in [0, 0.1) is 17.1 Å². The van der Waals surface area contributed by atoms with E-state index in [0.717, 1.165) is 0 Å². The van der Waals surface area contributed by atoms with Crippen molar-refractivity contribution in [1.29, 1.82) is 5.26 Å². The molecule has 0 radical (unpaired) electrons. The van der Waals surface area contributed by atoms with Crippen LogP contribution in [0.3, 0.4) is 0 Å². The molecule has 0 spiro atoms. The SMILES string of the molecule is COc1cccc(CNc2cc(C#N)ccc2Cl)c1F. The number of anilines is 1. The number of hydrogen-bond acceptors (Lipinski definition) is 3. The molecule has 20 heavy (non-hydrogen) atoms. The molecule has 3 nitrogen and oxygen atoms in total. The van der Waals surface area contributed by atoms with E-state index >= 15 is 0 Å². The van der Waals surface area contributed by atoms with Gasteiger partial charge < -0.3 is 10.1 Å². The molecule has 0 unspecified atom stereocenters. The summed E-state index contributed by atoms with van der Waals surface area (Å²) in [5.41, 5.74) is 1.54. The fourth-order valence-electron chi connectivity index (χ4n) is 1.77. The Morgan fingerprint density at radius 1 is 1.35 bits per heavy atom. The molecule has 1 N–H and O–H groups in total. The second-order valence-electron chi connectivity index (χ2n) is 4.09. The van der Waals surface area contributed by atoms with E-state index in [1.165, 1.54) is 7.11 Å². The van der Waals surface area contributed by atoms with Gasteiger partial charge in [0.15, 0.2) is 11.6 Å². The molecule has 2 rings (SSSR count). The number of nitrogens with one attached hydrogen (secondary N) is 1. The molecule has 2 aromatic carbocycles. The van der Waals surface area contributed by atoms with Crippen molar-refractivity contribution in [2.24, 2.45) is 0 Å². The normalized spacial score (nSPS) is 9.90. The second-order valence-corrected chi connectivity index (χ2v) is 4.50. The van der Waals surface area contributed by atoms with Crippen molar-refractivity contribution in [3.8, 4) is 11.8 Å². The van der Waals surface area contributed by atoms with Gasteiger partial charge in [-0.3, -0.25) is 0 Å². The van der Waals surface area contributed by atoms with E-state index in [1.54, 1.807) is 36.4 Å². The van der Waals surface area contributed by atoms with Crippen LogP contribution in [-0.4, -0.2) is 7.11 Å². The Balaban J connectivity index is 2.19. The van der Waals surface area contributed by atoms with Gasteiger partial charge in [-0.05, 0) is 24.3 Å². The van der Waals surface area contributed by atoms with Gasteiger partial charge >= 0.3 is 0 Å². The smallest absolute Gasteiger partial charge is 0.170 e. The summed E-state index contributed by atoms with van der Waals surface area (Å²) < 4.78 is 18.9. The monoisotopic (exact) mass is 290 g/mol. The lowest BCUT2D eigenvalue weighted by Gasteiger charge is -2.11. The summed E-state index contributed by atoms with van der Waals surface area (Å²) in [4.78, 5) is 0. The van der Waals surface area contributed by atoms with Gasteiger partial charge in [-0.2, -0.15) is 5.26 Å². The molecule has 0 fully saturated rings. The van der Waals surface area contributed by atoms with E-state index in [4.69, 9.17) is 21.6 Å². The van der Waals surface area contributed by atoms with Gasteiger partial charge in [0.2, 0.25) is 0 Å². The highest BCUT2D eigenvalue weighted by Crippen LogP contribution is 2.25. The molecule has 102 valence electrons. The lowest BCUT2D eigenvalue weighted by molar-refractivity contribution is 0.384. The molecular formula is C15H12ClFN2O. The summed E-state index contributed by atoms with van der Waals surface area (Å²) in [7, 11) is 1.42. The molecule has 0 saturated carbocycles. The average molecular weight is 291 g/mol. The van der Waals surface area contributed by atoms with Gasteiger partial charge in [0.25, 0.3) is 0 Å². The molecule has 0 aliphatic heterocycles. The summed E-state index contributed by atoms with van der Waals surface area (Å²) in [6.07, 6.45) is 0. The van der Waals surface area contributed by atoms with Crippen LogP contribution in [0.25, 0.3) is 0 Å². The predicted octanol–water partition coefficient (Wildman–Crippen LogP) is 3.97. The molecular weight excluding hydrogens is 279 g/mol. The van der Waals surface area contributed by atoms with Crippen LogP contribution in [0.1, 0.15) is 11.1 Å². The minimum absolute atomic E-state index is 0.196. The topological polar surface area (TPSA) is 45.0 Å². The molecule has 0 bridgehead atoms. The van der Waals surface area contributed by atoms with E-state index in [0.29, 0.717) is 21.8 Å². The third-order valence-corrected chi connectivity index (χ3v) is 3.16. The van der Waals surface area contributed by atoms with Gasteiger partial charge in [0, 0.05) is 12.1 Å². The molecule has 0 aliphatic carbocycles. The molecule has 0 aliphatic rings. The lowest BCUT2D eigenvalue weighted by atomic mass is 10.1. The standard InChI is InChI=1S/C15H12ClFN2O/c1-20-14-4-2-3-11(15(14)17)9-19-13-7-10(8-18)5-6-12(13)16/h2-7,19H,9H2,1H3. The molecule has 2 aromatic rings. The van der Waals surface area contributed by atoms with Crippen molar-refractivity contribution >= 4 is 17.3 Å². The summed E-state index contributed by atoms with van der Waals surface area (Å²) in [5, 5.41) is 12.3. The highest BCUT2D eigenvalue weighted by atomic mass is 35.5. The number of halogens is 2. The van der Waals surface area contributed by atoms with Crippen LogP contribution in [0.15, 0.2) is 36.4 Å². The van der Waals surface area contributed by atoms with E-state index in [9.17, 15) is 4.39 Å². The summed E-state index contributed by atoms with van der Waals surface area (Å²) >= 11 is 6.03. The van der Waals surface area contributed by atoms with Gasteiger partial charge in [-0.25, -0.2) is 4.39 Å². The van der Waals surface area contributed by atoms with E-state index in [2.05, 4.69) is 5.32 Å². The Morgan fingerprint density at radius 2 is 2.15 bits per heavy atom. The van der Waals surface area contributed by atoms with Crippen molar-refractivity contribution in [3.05, 3.63) is 58.4 Å². The number of nitriles is 1. The van der Waals surface area contributed by atoms with Crippen LogP contribution in [0.5, 0.6) is 5.75 Å². The first-order chi connectivity index (χ1) is 9.65. The first-order valence-electron chi connectivity index (χ1n) is 5.90. The van der Waals surface area contributed by atoms with Crippen LogP contribution >= 0.6 is 11.6 Å². The quantitative estimate of drug-likeness (QED) is 0.926. The summed E-state index contributed by atoms with van der Waals surface area (Å²) in [5.74, 6) is -0.212. The maximum atomic E-state index is 14.0. The van der Waals surface area contributed by atoms with Crippen LogP contribution in [0.4, 0.5) is 10.1 Å². The Kier molecular flexibility index (Phi) is 4.44. The zero-order chi connectivity index (χ0) is 14.5. The molecule has 0 amide bonds. The fraction of sp³-hybridized carbons (Fsp3) is 0.133. The lowest BCUT2D eigenvalue weighted by Crippen LogP contribution is -2.03. The number of nitrogens with zero attached hydrogens (tertiary/aromatic N) is 1.